The highest BCUT2D eigenvalue weighted by Gasteiger charge is 2.33. The van der Waals surface area contributed by atoms with Crippen molar-refractivity contribution in [3.8, 4) is 0 Å². The molecule has 1 aliphatic rings. The van der Waals surface area contributed by atoms with Crippen LogP contribution in [-0.4, -0.2) is 42.4 Å². The van der Waals surface area contributed by atoms with Gasteiger partial charge in [-0.3, -0.25) is 14.3 Å². The fraction of sp³-hybridized carbons (Fsp3) is 0.286. The Kier molecular flexibility index (Phi) is 6.21. The highest BCUT2D eigenvalue weighted by molar-refractivity contribution is 7.92. The summed E-state index contributed by atoms with van der Waals surface area (Å²) in [5.74, 6) is -1.45. The molecule has 0 fully saturated rings. The molecule has 2 aromatic rings. The van der Waals surface area contributed by atoms with E-state index in [-0.39, 0.29) is 12.8 Å². The molecule has 2 aromatic carbocycles. The predicted molar refractivity (Wildman–Crippen MR) is 114 cm³/mol. The minimum atomic E-state index is -3.50. The van der Waals surface area contributed by atoms with Gasteiger partial charge in [0.25, 0.3) is 0 Å². The molecule has 1 unspecified atom stereocenters. The summed E-state index contributed by atoms with van der Waals surface area (Å²) in [6.45, 7) is 1.96. The fourth-order valence-electron chi connectivity index (χ4n) is 3.30. The molecule has 0 spiro atoms. The van der Waals surface area contributed by atoms with Gasteiger partial charge in [-0.05, 0) is 18.6 Å². The molecular weight excluding hydrogens is 406 g/mol. The third-order valence-corrected chi connectivity index (χ3v) is 5.30. The summed E-state index contributed by atoms with van der Waals surface area (Å²) in [4.78, 5) is 23.6. The highest BCUT2D eigenvalue weighted by Crippen LogP contribution is 2.35. The number of anilines is 1. The van der Waals surface area contributed by atoms with Crippen molar-refractivity contribution in [3.63, 3.8) is 0 Å². The second kappa shape index (κ2) is 8.66. The largest absolute Gasteiger partial charge is 0.481 e. The Hall–Kier alpha value is -3.20. The first-order valence-electron chi connectivity index (χ1n) is 9.39. The maximum absolute atomic E-state index is 12.7. The number of carbonyl (C=O) groups excluding carboxylic acids is 1. The number of carboxylic acid groups (broad SMARTS) is 1. The summed E-state index contributed by atoms with van der Waals surface area (Å²) in [7, 11) is -3.50. The van der Waals surface area contributed by atoms with Gasteiger partial charge < -0.3 is 5.11 Å². The molecule has 3 rings (SSSR count). The van der Waals surface area contributed by atoms with Gasteiger partial charge >= 0.3 is 5.97 Å². The lowest BCUT2D eigenvalue weighted by atomic mass is 9.97. The Morgan fingerprint density at radius 1 is 1.13 bits per heavy atom. The van der Waals surface area contributed by atoms with E-state index >= 15 is 0 Å². The molecule has 8 nitrogen and oxygen atoms in total. The maximum Gasteiger partial charge on any atom is 0.303 e. The summed E-state index contributed by atoms with van der Waals surface area (Å²) >= 11 is 0. The molecule has 1 aliphatic heterocycles. The zero-order chi connectivity index (χ0) is 21.9. The molecule has 2 N–H and O–H groups in total. The van der Waals surface area contributed by atoms with Crippen LogP contribution < -0.4 is 4.72 Å². The number of benzene rings is 2. The third kappa shape index (κ3) is 5.24. The number of sulfonamides is 1. The van der Waals surface area contributed by atoms with Crippen molar-refractivity contribution in [3.05, 3.63) is 65.2 Å². The number of hydrogen-bond acceptors (Lipinski definition) is 5. The van der Waals surface area contributed by atoms with Crippen molar-refractivity contribution in [2.45, 2.75) is 32.2 Å². The Labute approximate surface area is 175 Å². The lowest BCUT2D eigenvalue weighted by Gasteiger charge is -2.22. The molecule has 1 amide bonds. The lowest BCUT2D eigenvalue weighted by Crippen LogP contribution is -2.27. The number of nitrogens with zero attached hydrogens (tertiary/aromatic N) is 2. The van der Waals surface area contributed by atoms with E-state index in [1.807, 2.05) is 31.2 Å². The summed E-state index contributed by atoms with van der Waals surface area (Å²) in [6, 6.07) is 14.2. The van der Waals surface area contributed by atoms with Gasteiger partial charge in [-0.15, -0.1) is 0 Å². The zero-order valence-corrected chi connectivity index (χ0v) is 17.5. The minimum absolute atomic E-state index is 0.169. The molecular formula is C21H23N3O5S. The predicted octanol–water partition coefficient (Wildman–Crippen LogP) is 2.91. The second-order valence-electron chi connectivity index (χ2n) is 7.23. The number of hydrazone groups is 1. The van der Waals surface area contributed by atoms with Crippen molar-refractivity contribution >= 4 is 33.3 Å². The van der Waals surface area contributed by atoms with Crippen LogP contribution in [0.2, 0.25) is 0 Å². The summed E-state index contributed by atoms with van der Waals surface area (Å²) in [6.07, 6.45) is 0.992. The van der Waals surface area contributed by atoms with E-state index in [0.29, 0.717) is 23.4 Å². The first-order chi connectivity index (χ1) is 14.1. The van der Waals surface area contributed by atoms with E-state index < -0.39 is 27.9 Å². The summed E-state index contributed by atoms with van der Waals surface area (Å²) in [5.41, 5.74) is 3.45. The first kappa shape index (κ1) is 21.5. The molecule has 30 heavy (non-hydrogen) atoms. The molecule has 0 aliphatic carbocycles. The number of aliphatic carboxylic acids is 1. The number of carboxylic acids is 1. The van der Waals surface area contributed by atoms with Crippen LogP contribution in [0.3, 0.4) is 0 Å². The topological polar surface area (TPSA) is 116 Å². The standard InChI is InChI=1S/C21H23N3O5S/c1-14-7-9-15(10-8-14)19-13-18(22-24(19)20(25)11-12-21(26)27)16-5-3-4-6-17(16)23-30(2,28)29/h3-10,19,23H,11-13H2,1-2H3,(H,26,27). The lowest BCUT2D eigenvalue weighted by molar-refractivity contribution is -0.141. The third-order valence-electron chi connectivity index (χ3n) is 4.71. The highest BCUT2D eigenvalue weighted by atomic mass is 32.2. The van der Waals surface area contributed by atoms with Gasteiger partial charge in [0.15, 0.2) is 0 Å². The van der Waals surface area contributed by atoms with Crippen molar-refractivity contribution in [2.75, 3.05) is 11.0 Å². The zero-order valence-electron chi connectivity index (χ0n) is 16.7. The van der Waals surface area contributed by atoms with Gasteiger partial charge in [-0.1, -0.05) is 48.0 Å². The molecule has 0 bridgehead atoms. The number of nitrogens with one attached hydrogen (secondary N) is 1. The molecule has 0 saturated heterocycles. The quantitative estimate of drug-likeness (QED) is 0.702. The van der Waals surface area contributed by atoms with Crippen LogP contribution >= 0.6 is 0 Å². The number of rotatable bonds is 7. The molecule has 0 radical (unpaired) electrons. The molecule has 0 saturated carbocycles. The molecule has 1 atom stereocenters. The van der Waals surface area contributed by atoms with Gasteiger partial charge in [-0.25, -0.2) is 13.4 Å². The number of aryl methyl sites for hydroxylation is 1. The van der Waals surface area contributed by atoms with E-state index in [1.165, 1.54) is 5.01 Å². The van der Waals surface area contributed by atoms with Gasteiger partial charge in [0, 0.05) is 18.4 Å². The number of carbonyl (C=O) groups is 2. The van der Waals surface area contributed by atoms with Gasteiger partial charge in [-0.2, -0.15) is 5.10 Å². The normalized spacial score (nSPS) is 16.3. The Morgan fingerprint density at radius 3 is 2.43 bits per heavy atom. The number of para-hydroxylation sites is 1. The second-order valence-corrected chi connectivity index (χ2v) is 8.98. The number of hydrogen-bond donors (Lipinski definition) is 2. The molecule has 1 heterocycles. The van der Waals surface area contributed by atoms with Crippen LogP contribution in [0.25, 0.3) is 0 Å². The Balaban J connectivity index is 1.98. The smallest absolute Gasteiger partial charge is 0.303 e. The van der Waals surface area contributed by atoms with Crippen molar-refractivity contribution in [2.24, 2.45) is 5.10 Å². The van der Waals surface area contributed by atoms with Crippen LogP contribution in [0, 0.1) is 6.92 Å². The van der Waals surface area contributed by atoms with E-state index in [2.05, 4.69) is 9.82 Å². The van der Waals surface area contributed by atoms with Crippen LogP contribution in [-0.2, 0) is 19.6 Å². The van der Waals surface area contributed by atoms with Crippen molar-refractivity contribution < 1.29 is 23.1 Å². The number of amides is 1. The summed E-state index contributed by atoms with van der Waals surface area (Å²) in [5, 5.41) is 14.7. The average Bonchev–Trinajstić information content (AvgIpc) is 3.11. The van der Waals surface area contributed by atoms with Gasteiger partial charge in [0.1, 0.15) is 0 Å². The molecule has 9 heteroatoms. The van der Waals surface area contributed by atoms with Crippen LogP contribution in [0.15, 0.2) is 53.6 Å². The van der Waals surface area contributed by atoms with Crippen molar-refractivity contribution in [1.29, 1.82) is 0 Å². The van der Waals surface area contributed by atoms with Crippen LogP contribution in [0.5, 0.6) is 0 Å². The Morgan fingerprint density at radius 2 is 1.80 bits per heavy atom. The van der Waals surface area contributed by atoms with Gasteiger partial charge in [0.2, 0.25) is 15.9 Å². The van der Waals surface area contributed by atoms with Crippen molar-refractivity contribution in [1.82, 2.24) is 5.01 Å². The monoisotopic (exact) mass is 429 g/mol. The van der Waals surface area contributed by atoms with Crippen LogP contribution in [0.1, 0.15) is 42.0 Å². The summed E-state index contributed by atoms with van der Waals surface area (Å²) < 4.78 is 26.0. The Bertz CT molecular complexity index is 1090. The molecule has 0 aromatic heterocycles. The van der Waals surface area contributed by atoms with Gasteiger partial charge in [0.05, 0.1) is 30.1 Å². The van der Waals surface area contributed by atoms with E-state index in [9.17, 15) is 18.0 Å². The van der Waals surface area contributed by atoms with E-state index in [1.54, 1.807) is 24.3 Å². The molecule has 158 valence electrons. The average molecular weight is 429 g/mol. The van der Waals surface area contributed by atoms with Crippen LogP contribution in [0.4, 0.5) is 5.69 Å². The minimum Gasteiger partial charge on any atom is -0.481 e. The fourth-order valence-corrected chi connectivity index (χ4v) is 3.88. The SMILES string of the molecule is Cc1ccc(C2CC(c3ccccc3NS(C)(=O)=O)=NN2C(=O)CCC(=O)O)cc1. The maximum atomic E-state index is 12.7. The van der Waals surface area contributed by atoms with E-state index in [0.717, 1.165) is 17.4 Å². The van der Waals surface area contributed by atoms with E-state index in [4.69, 9.17) is 5.11 Å². The first-order valence-corrected chi connectivity index (χ1v) is 11.3.